The Hall–Kier alpha value is -3.42. The van der Waals surface area contributed by atoms with Gasteiger partial charge >= 0.3 is 0 Å². The summed E-state index contributed by atoms with van der Waals surface area (Å²) in [6.45, 7) is 4.38. The Morgan fingerprint density at radius 3 is 2.16 bits per heavy atom. The second kappa shape index (κ2) is 13.9. The molecule has 4 aromatic rings. The number of halogens is 3. The molecule has 1 aliphatic heterocycles. The summed E-state index contributed by atoms with van der Waals surface area (Å²) in [6.07, 6.45) is 3.64. The molecule has 0 unspecified atom stereocenters. The van der Waals surface area contributed by atoms with Crippen LogP contribution in [0.5, 0.6) is 11.5 Å². The SMILES string of the molecule is CCc1ccc(N=C2S/C(=C\c3cc(Cl)c(OCc4ccc(Cl)cc4Cl)c(OC)c3)C(=O)N2c2ccc(CC)cc2)cc1. The van der Waals surface area contributed by atoms with Crippen LogP contribution >= 0.6 is 46.6 Å². The Morgan fingerprint density at radius 1 is 0.860 bits per heavy atom. The maximum atomic E-state index is 13.8. The van der Waals surface area contributed by atoms with Crippen molar-refractivity contribution in [3.8, 4) is 11.5 Å². The van der Waals surface area contributed by atoms with Crippen LogP contribution in [-0.4, -0.2) is 18.2 Å². The number of carbonyl (C=O) groups is 1. The molecule has 0 saturated carbocycles. The molecule has 5 nitrogen and oxygen atoms in total. The highest BCUT2D eigenvalue weighted by molar-refractivity contribution is 8.19. The van der Waals surface area contributed by atoms with Gasteiger partial charge in [-0.15, -0.1) is 0 Å². The van der Waals surface area contributed by atoms with Crippen molar-refractivity contribution in [2.24, 2.45) is 4.99 Å². The largest absolute Gasteiger partial charge is 0.493 e. The number of methoxy groups -OCH3 is 1. The van der Waals surface area contributed by atoms with E-state index in [9.17, 15) is 4.79 Å². The zero-order valence-corrected chi connectivity index (χ0v) is 26.9. The fourth-order valence-corrected chi connectivity index (χ4v) is 6.21. The summed E-state index contributed by atoms with van der Waals surface area (Å²) in [4.78, 5) is 20.8. The van der Waals surface area contributed by atoms with Crippen LogP contribution in [0.25, 0.3) is 6.08 Å². The number of hydrogen-bond acceptors (Lipinski definition) is 5. The van der Waals surface area contributed by atoms with Gasteiger partial charge in [-0.2, -0.15) is 0 Å². The van der Waals surface area contributed by atoms with E-state index >= 15 is 0 Å². The first-order chi connectivity index (χ1) is 20.8. The van der Waals surface area contributed by atoms with E-state index in [1.807, 2.05) is 36.4 Å². The Labute approximate surface area is 271 Å². The number of aliphatic imine (C=N–C) groups is 1. The Morgan fingerprint density at radius 2 is 1.53 bits per heavy atom. The van der Waals surface area contributed by atoms with Gasteiger partial charge in [-0.25, -0.2) is 4.99 Å². The average Bonchev–Trinajstić information content (AvgIpc) is 3.31. The number of hydrogen-bond donors (Lipinski definition) is 0. The Balaban J connectivity index is 1.47. The lowest BCUT2D eigenvalue weighted by Crippen LogP contribution is -2.28. The fraction of sp³-hybridized carbons (Fsp3) is 0.176. The zero-order valence-electron chi connectivity index (χ0n) is 23.9. The molecule has 1 fully saturated rings. The van der Waals surface area contributed by atoms with E-state index in [1.54, 1.807) is 41.3 Å². The van der Waals surface area contributed by atoms with Crippen molar-refractivity contribution in [2.45, 2.75) is 33.3 Å². The van der Waals surface area contributed by atoms with Gasteiger partial charge in [0.15, 0.2) is 16.7 Å². The summed E-state index contributed by atoms with van der Waals surface area (Å²) in [5.41, 5.74) is 5.38. The van der Waals surface area contributed by atoms with Crippen LogP contribution in [0, 0.1) is 0 Å². The summed E-state index contributed by atoms with van der Waals surface area (Å²) in [7, 11) is 1.54. The number of amidine groups is 1. The van der Waals surface area contributed by atoms with Crippen LogP contribution in [-0.2, 0) is 24.2 Å². The molecule has 0 radical (unpaired) electrons. The number of thioether (sulfide) groups is 1. The highest BCUT2D eigenvalue weighted by Crippen LogP contribution is 2.41. The lowest BCUT2D eigenvalue weighted by molar-refractivity contribution is -0.113. The maximum Gasteiger partial charge on any atom is 0.271 e. The van der Waals surface area contributed by atoms with Crippen LogP contribution < -0.4 is 14.4 Å². The molecule has 0 atom stereocenters. The number of anilines is 1. The van der Waals surface area contributed by atoms with Gasteiger partial charge in [0.1, 0.15) is 6.61 Å². The van der Waals surface area contributed by atoms with Crippen molar-refractivity contribution in [2.75, 3.05) is 12.0 Å². The summed E-state index contributed by atoms with van der Waals surface area (Å²) < 4.78 is 11.6. The Kier molecular flexibility index (Phi) is 10.0. The van der Waals surface area contributed by atoms with Gasteiger partial charge in [-0.3, -0.25) is 9.69 Å². The number of ether oxygens (including phenoxy) is 2. The van der Waals surface area contributed by atoms with E-state index in [4.69, 9.17) is 49.3 Å². The molecule has 0 N–H and O–H groups in total. The molecule has 9 heteroatoms. The highest BCUT2D eigenvalue weighted by Gasteiger charge is 2.35. The second-order valence-electron chi connectivity index (χ2n) is 9.74. The monoisotopic (exact) mass is 650 g/mol. The number of rotatable bonds is 9. The van der Waals surface area contributed by atoms with Gasteiger partial charge in [0.05, 0.1) is 28.4 Å². The molecule has 1 amide bonds. The van der Waals surface area contributed by atoms with Crippen LogP contribution in [0.4, 0.5) is 11.4 Å². The molecule has 43 heavy (non-hydrogen) atoms. The lowest BCUT2D eigenvalue weighted by atomic mass is 10.1. The van der Waals surface area contributed by atoms with Gasteiger partial charge in [-0.05, 0) is 95.9 Å². The molecule has 0 bridgehead atoms. The van der Waals surface area contributed by atoms with E-state index in [1.165, 1.54) is 30.0 Å². The first kappa shape index (κ1) is 31.0. The standard InChI is InChI=1S/C34H29Cl3N2O3S/c1-4-21-6-12-26(13-7-21)38-34-39(27-14-8-22(5-2)9-15-27)33(40)31(43-34)18-23-16-29(37)32(30(17-23)41-3)42-20-24-10-11-25(35)19-28(24)36/h6-19H,4-5,20H2,1-3H3/b31-18-,38-34?. The zero-order chi connectivity index (χ0) is 30.5. The maximum absolute atomic E-state index is 13.8. The summed E-state index contributed by atoms with van der Waals surface area (Å²) >= 11 is 20.3. The van der Waals surface area contributed by atoms with Gasteiger partial charge in [0.25, 0.3) is 5.91 Å². The number of benzene rings is 4. The van der Waals surface area contributed by atoms with Crippen molar-refractivity contribution >= 4 is 75.1 Å². The van der Waals surface area contributed by atoms with Crippen molar-refractivity contribution in [1.82, 2.24) is 0 Å². The second-order valence-corrected chi connectivity index (χ2v) is 12.0. The van der Waals surface area contributed by atoms with Crippen LogP contribution in [0.1, 0.15) is 36.1 Å². The van der Waals surface area contributed by atoms with Crippen LogP contribution in [0.15, 0.2) is 88.8 Å². The molecule has 5 rings (SSSR count). The fourth-order valence-electron chi connectivity index (χ4n) is 4.48. The van der Waals surface area contributed by atoms with Gasteiger partial charge in [-0.1, -0.05) is 79.0 Å². The number of amides is 1. The summed E-state index contributed by atoms with van der Waals surface area (Å²) in [5.74, 6) is 0.626. The molecule has 0 aliphatic carbocycles. The third-order valence-electron chi connectivity index (χ3n) is 6.92. The smallest absolute Gasteiger partial charge is 0.271 e. The van der Waals surface area contributed by atoms with E-state index in [2.05, 4.69) is 26.0 Å². The summed E-state index contributed by atoms with van der Waals surface area (Å²) in [5, 5.41) is 1.94. The molecular formula is C34H29Cl3N2O3S. The number of aryl methyl sites for hydroxylation is 2. The van der Waals surface area contributed by atoms with E-state index < -0.39 is 0 Å². The van der Waals surface area contributed by atoms with E-state index in [-0.39, 0.29) is 12.5 Å². The topological polar surface area (TPSA) is 51.1 Å². The van der Waals surface area contributed by atoms with Crippen molar-refractivity contribution in [3.05, 3.63) is 121 Å². The predicted octanol–water partition coefficient (Wildman–Crippen LogP) is 10.2. The summed E-state index contributed by atoms with van der Waals surface area (Å²) in [6, 6.07) is 24.7. The average molecular weight is 652 g/mol. The lowest BCUT2D eigenvalue weighted by Gasteiger charge is -2.16. The normalized spacial score (nSPS) is 15.0. The molecule has 220 valence electrons. The third kappa shape index (κ3) is 7.22. The van der Waals surface area contributed by atoms with Crippen LogP contribution in [0.2, 0.25) is 15.1 Å². The molecule has 1 saturated heterocycles. The van der Waals surface area contributed by atoms with Gasteiger partial charge in [0, 0.05) is 15.6 Å². The highest BCUT2D eigenvalue weighted by atomic mass is 35.5. The van der Waals surface area contributed by atoms with Crippen molar-refractivity contribution in [1.29, 1.82) is 0 Å². The minimum atomic E-state index is -0.175. The molecular weight excluding hydrogens is 623 g/mol. The molecule has 0 aromatic heterocycles. The number of carbonyl (C=O) groups excluding carboxylic acids is 1. The molecule has 1 aliphatic rings. The number of nitrogens with zero attached hydrogens (tertiary/aromatic N) is 2. The van der Waals surface area contributed by atoms with Gasteiger partial charge in [0.2, 0.25) is 0 Å². The molecule has 1 heterocycles. The quantitative estimate of drug-likeness (QED) is 0.169. The molecule has 4 aromatic carbocycles. The molecule has 0 spiro atoms. The minimum absolute atomic E-state index is 0.172. The van der Waals surface area contributed by atoms with E-state index in [0.29, 0.717) is 42.2 Å². The minimum Gasteiger partial charge on any atom is -0.493 e. The Bertz CT molecular complexity index is 1700. The third-order valence-corrected chi connectivity index (χ3v) is 8.75. The van der Waals surface area contributed by atoms with Crippen molar-refractivity contribution in [3.63, 3.8) is 0 Å². The van der Waals surface area contributed by atoms with Crippen molar-refractivity contribution < 1.29 is 14.3 Å². The first-order valence-electron chi connectivity index (χ1n) is 13.7. The van der Waals surface area contributed by atoms with Crippen LogP contribution in [0.3, 0.4) is 0 Å². The first-order valence-corrected chi connectivity index (χ1v) is 15.7. The van der Waals surface area contributed by atoms with E-state index in [0.717, 1.165) is 29.8 Å². The van der Waals surface area contributed by atoms with Gasteiger partial charge < -0.3 is 9.47 Å². The predicted molar refractivity (Wildman–Crippen MR) is 181 cm³/mol.